The lowest BCUT2D eigenvalue weighted by Gasteiger charge is -2.11. The number of methoxy groups -OCH3 is 1. The third-order valence-electron chi connectivity index (χ3n) is 2.83. The van der Waals surface area contributed by atoms with Crippen molar-refractivity contribution in [1.29, 1.82) is 0 Å². The van der Waals surface area contributed by atoms with Crippen molar-refractivity contribution in [2.45, 2.75) is 0 Å². The molecule has 0 fully saturated rings. The van der Waals surface area contributed by atoms with Crippen LogP contribution in [0.2, 0.25) is 10.0 Å². The summed E-state index contributed by atoms with van der Waals surface area (Å²) < 4.78 is 10.5. The van der Waals surface area contributed by atoms with Crippen LogP contribution >= 0.6 is 23.2 Å². The van der Waals surface area contributed by atoms with Crippen molar-refractivity contribution in [2.24, 2.45) is 0 Å². The predicted molar refractivity (Wildman–Crippen MR) is 89.0 cm³/mol. The van der Waals surface area contributed by atoms with Gasteiger partial charge >= 0.3 is 0 Å². The zero-order valence-electron chi connectivity index (χ0n) is 12.1. The Morgan fingerprint density at radius 3 is 2.43 bits per heavy atom. The number of rotatable bonds is 6. The molecule has 0 bridgehead atoms. The first kappa shape index (κ1) is 17.1. The van der Waals surface area contributed by atoms with Gasteiger partial charge in [0.25, 0.3) is 5.91 Å². The van der Waals surface area contributed by atoms with Crippen LogP contribution in [0.15, 0.2) is 36.4 Å². The van der Waals surface area contributed by atoms with E-state index in [2.05, 4.69) is 5.32 Å². The topological polar surface area (TPSA) is 64.6 Å². The first-order valence-electron chi connectivity index (χ1n) is 6.54. The van der Waals surface area contributed by atoms with Gasteiger partial charge in [0.05, 0.1) is 7.11 Å². The van der Waals surface area contributed by atoms with Crippen LogP contribution in [0.4, 0.5) is 5.69 Å². The van der Waals surface area contributed by atoms with Gasteiger partial charge in [0.1, 0.15) is 6.29 Å². The van der Waals surface area contributed by atoms with Gasteiger partial charge in [0.15, 0.2) is 18.1 Å². The van der Waals surface area contributed by atoms with Crippen LogP contribution in [0.5, 0.6) is 11.5 Å². The second kappa shape index (κ2) is 7.85. The van der Waals surface area contributed by atoms with E-state index in [1.807, 2.05) is 0 Å². The number of anilines is 1. The molecule has 2 aromatic rings. The summed E-state index contributed by atoms with van der Waals surface area (Å²) in [4.78, 5) is 22.6. The average molecular weight is 354 g/mol. The third kappa shape index (κ3) is 4.87. The van der Waals surface area contributed by atoms with Crippen molar-refractivity contribution >= 4 is 41.1 Å². The number of benzene rings is 2. The van der Waals surface area contributed by atoms with E-state index < -0.39 is 0 Å². The molecule has 0 aliphatic carbocycles. The number of halogens is 2. The molecule has 0 saturated carbocycles. The van der Waals surface area contributed by atoms with Crippen molar-refractivity contribution in [3.63, 3.8) is 0 Å². The Hall–Kier alpha value is -2.24. The van der Waals surface area contributed by atoms with Gasteiger partial charge < -0.3 is 14.8 Å². The molecule has 0 spiro atoms. The van der Waals surface area contributed by atoms with Crippen molar-refractivity contribution in [2.75, 3.05) is 19.0 Å². The zero-order valence-corrected chi connectivity index (χ0v) is 13.6. The maximum Gasteiger partial charge on any atom is 0.262 e. The number of ether oxygens (including phenoxy) is 2. The van der Waals surface area contributed by atoms with Crippen LogP contribution in [0, 0.1) is 0 Å². The summed E-state index contributed by atoms with van der Waals surface area (Å²) in [7, 11) is 1.45. The van der Waals surface area contributed by atoms with Gasteiger partial charge in [-0.2, -0.15) is 0 Å². The lowest BCUT2D eigenvalue weighted by molar-refractivity contribution is -0.118. The molecule has 1 amide bonds. The van der Waals surface area contributed by atoms with E-state index in [-0.39, 0.29) is 12.5 Å². The summed E-state index contributed by atoms with van der Waals surface area (Å²) in [6, 6.07) is 9.37. The first-order valence-corrected chi connectivity index (χ1v) is 7.29. The van der Waals surface area contributed by atoms with Gasteiger partial charge in [-0.1, -0.05) is 23.2 Å². The number of carbonyl (C=O) groups excluding carboxylic acids is 2. The van der Waals surface area contributed by atoms with E-state index in [9.17, 15) is 9.59 Å². The summed E-state index contributed by atoms with van der Waals surface area (Å²) in [5.41, 5.74) is 0.923. The molecule has 0 unspecified atom stereocenters. The second-order valence-electron chi connectivity index (χ2n) is 4.52. The highest BCUT2D eigenvalue weighted by molar-refractivity contribution is 6.35. The van der Waals surface area contributed by atoms with E-state index in [0.29, 0.717) is 39.1 Å². The van der Waals surface area contributed by atoms with Crippen molar-refractivity contribution < 1.29 is 19.1 Å². The molecular formula is C16H13Cl2NO4. The van der Waals surface area contributed by atoms with Crippen LogP contribution in [0.3, 0.4) is 0 Å². The molecule has 0 aliphatic rings. The van der Waals surface area contributed by atoms with E-state index in [1.54, 1.807) is 30.3 Å². The molecule has 0 aromatic heterocycles. The first-order chi connectivity index (χ1) is 11.0. The Balaban J connectivity index is 2.00. The van der Waals surface area contributed by atoms with Crippen LogP contribution in [0.1, 0.15) is 10.4 Å². The van der Waals surface area contributed by atoms with E-state index in [4.69, 9.17) is 32.7 Å². The Morgan fingerprint density at radius 2 is 1.83 bits per heavy atom. The van der Waals surface area contributed by atoms with Crippen molar-refractivity contribution in [3.8, 4) is 11.5 Å². The summed E-state index contributed by atoms with van der Waals surface area (Å²) in [6.45, 7) is -0.235. The molecule has 120 valence electrons. The third-order valence-corrected chi connectivity index (χ3v) is 3.27. The van der Waals surface area contributed by atoms with Gasteiger partial charge in [-0.15, -0.1) is 0 Å². The normalized spacial score (nSPS) is 10.0. The number of aldehydes is 1. The van der Waals surface area contributed by atoms with E-state index in [1.165, 1.54) is 13.2 Å². The highest BCUT2D eigenvalue weighted by atomic mass is 35.5. The fourth-order valence-corrected chi connectivity index (χ4v) is 2.37. The average Bonchev–Trinajstić information content (AvgIpc) is 2.51. The van der Waals surface area contributed by atoms with Gasteiger partial charge in [-0.3, -0.25) is 9.59 Å². The predicted octanol–water partition coefficient (Wildman–Crippen LogP) is 3.83. The highest BCUT2D eigenvalue weighted by Gasteiger charge is 2.09. The number of hydrogen-bond acceptors (Lipinski definition) is 4. The number of nitrogens with one attached hydrogen (secondary N) is 1. The molecule has 1 N–H and O–H groups in total. The summed E-state index contributed by atoms with van der Waals surface area (Å²) in [5, 5.41) is 3.46. The summed E-state index contributed by atoms with van der Waals surface area (Å²) in [5.74, 6) is 0.343. The molecule has 0 radical (unpaired) electrons. The molecule has 0 aliphatic heterocycles. The molecule has 2 aromatic carbocycles. The Labute approximate surface area is 143 Å². The second-order valence-corrected chi connectivity index (χ2v) is 5.40. The zero-order chi connectivity index (χ0) is 16.8. The SMILES string of the molecule is COc1cc(C=O)ccc1OCC(=O)Nc1cc(Cl)cc(Cl)c1. The standard InChI is InChI=1S/C16H13Cl2NO4/c1-22-15-4-10(8-20)2-3-14(15)23-9-16(21)19-13-6-11(17)5-12(18)7-13/h2-8H,9H2,1H3,(H,19,21). The number of hydrogen-bond donors (Lipinski definition) is 1. The molecule has 23 heavy (non-hydrogen) atoms. The summed E-state index contributed by atoms with van der Waals surface area (Å²) in [6.07, 6.45) is 0.696. The minimum Gasteiger partial charge on any atom is -0.493 e. The Bertz CT molecular complexity index is 714. The minimum absolute atomic E-state index is 0.235. The fraction of sp³-hybridized carbons (Fsp3) is 0.125. The lowest BCUT2D eigenvalue weighted by Crippen LogP contribution is -2.20. The molecular weight excluding hydrogens is 341 g/mol. The smallest absolute Gasteiger partial charge is 0.262 e. The molecule has 0 saturated heterocycles. The van der Waals surface area contributed by atoms with Crippen LogP contribution in [-0.4, -0.2) is 25.9 Å². The molecule has 2 rings (SSSR count). The molecule has 5 nitrogen and oxygen atoms in total. The van der Waals surface area contributed by atoms with Crippen LogP contribution in [0.25, 0.3) is 0 Å². The molecule has 7 heteroatoms. The molecule has 0 atom stereocenters. The van der Waals surface area contributed by atoms with E-state index >= 15 is 0 Å². The molecule has 0 heterocycles. The largest absolute Gasteiger partial charge is 0.493 e. The van der Waals surface area contributed by atoms with Gasteiger partial charge in [0, 0.05) is 21.3 Å². The number of amides is 1. The van der Waals surface area contributed by atoms with Gasteiger partial charge in [-0.25, -0.2) is 0 Å². The fourth-order valence-electron chi connectivity index (χ4n) is 1.84. The van der Waals surface area contributed by atoms with E-state index in [0.717, 1.165) is 0 Å². The van der Waals surface area contributed by atoms with Crippen molar-refractivity contribution in [3.05, 3.63) is 52.0 Å². The van der Waals surface area contributed by atoms with Gasteiger partial charge in [0.2, 0.25) is 0 Å². The maximum atomic E-state index is 11.9. The highest BCUT2D eigenvalue weighted by Crippen LogP contribution is 2.27. The quantitative estimate of drug-likeness (QED) is 0.801. The lowest BCUT2D eigenvalue weighted by atomic mass is 10.2. The van der Waals surface area contributed by atoms with Crippen molar-refractivity contribution in [1.82, 2.24) is 0 Å². The van der Waals surface area contributed by atoms with Crippen LogP contribution < -0.4 is 14.8 Å². The maximum absolute atomic E-state index is 11.9. The number of carbonyl (C=O) groups is 2. The Kier molecular flexibility index (Phi) is 5.84. The minimum atomic E-state index is -0.384. The van der Waals surface area contributed by atoms with Gasteiger partial charge in [-0.05, 0) is 36.4 Å². The Morgan fingerprint density at radius 1 is 1.13 bits per heavy atom. The van der Waals surface area contributed by atoms with Crippen LogP contribution in [-0.2, 0) is 4.79 Å². The monoisotopic (exact) mass is 353 g/mol. The summed E-state index contributed by atoms with van der Waals surface area (Å²) >= 11 is 11.7.